The first-order valence-corrected chi connectivity index (χ1v) is 9.59. The minimum atomic E-state index is -1.19. The fourth-order valence-corrected chi connectivity index (χ4v) is 4.25. The van der Waals surface area contributed by atoms with Gasteiger partial charge in [0.15, 0.2) is 0 Å². The van der Waals surface area contributed by atoms with Crippen molar-refractivity contribution in [1.82, 2.24) is 10.2 Å². The average molecular weight is 401 g/mol. The lowest BCUT2D eigenvalue weighted by molar-refractivity contribution is -0.119. The fourth-order valence-electron chi connectivity index (χ4n) is 4.25. The summed E-state index contributed by atoms with van der Waals surface area (Å²) in [6.45, 7) is 4.87. The Balaban J connectivity index is 1.47. The number of hydrogen-bond donors (Lipinski definition) is 4. The molecular formula is C19H24BN3O6. The molecule has 2 aliphatic heterocycles. The predicted octanol–water partition coefficient (Wildman–Crippen LogP) is 0.155. The smallest absolute Gasteiger partial charge is 0.526 e. The van der Waals surface area contributed by atoms with Crippen molar-refractivity contribution in [3.63, 3.8) is 0 Å². The van der Waals surface area contributed by atoms with Crippen LogP contribution in [0, 0.1) is 0 Å². The first-order chi connectivity index (χ1) is 13.8. The molecule has 2 heterocycles. The highest BCUT2D eigenvalue weighted by Crippen LogP contribution is 2.60. The van der Waals surface area contributed by atoms with E-state index in [4.69, 9.17) is 15.1 Å². The van der Waals surface area contributed by atoms with Gasteiger partial charge in [-0.2, -0.15) is 0 Å². The molecule has 154 valence electrons. The monoisotopic (exact) mass is 401 g/mol. The Bertz CT molecular complexity index is 878. The standard InChI is InChI=1S/C19H24BN3O6/c1-9(8-23(2)10-5-14(18(21)24)22-7-10)28-15-4-3-11-12-6-13(12)20(27)29-17(11)16(15)19(25)26/h3-4,10,12-14,22,27H,1,5-8H2,2H3,(H2,21,24)(H,25,26). The van der Waals surface area contributed by atoms with Crippen LogP contribution >= 0.6 is 0 Å². The maximum Gasteiger partial charge on any atom is 0.526 e. The highest BCUT2D eigenvalue weighted by Gasteiger charge is 2.54. The molecule has 2 fully saturated rings. The summed E-state index contributed by atoms with van der Waals surface area (Å²) in [5, 5.41) is 22.8. The number of carboxylic acid groups (broad SMARTS) is 1. The zero-order valence-corrected chi connectivity index (χ0v) is 16.1. The predicted molar refractivity (Wildman–Crippen MR) is 105 cm³/mol. The number of nitrogens with one attached hydrogen (secondary N) is 1. The molecule has 0 aromatic heterocycles. The number of benzene rings is 1. The van der Waals surface area contributed by atoms with Gasteiger partial charge in [0.05, 0.1) is 12.6 Å². The zero-order valence-electron chi connectivity index (χ0n) is 16.1. The van der Waals surface area contributed by atoms with E-state index in [1.54, 1.807) is 12.1 Å². The zero-order chi connectivity index (χ0) is 20.9. The van der Waals surface area contributed by atoms with Gasteiger partial charge in [0, 0.05) is 18.4 Å². The number of aromatic carboxylic acids is 1. The molecule has 5 N–H and O–H groups in total. The molecule has 29 heavy (non-hydrogen) atoms. The van der Waals surface area contributed by atoms with Crippen molar-refractivity contribution >= 4 is 19.0 Å². The molecule has 1 aromatic carbocycles. The van der Waals surface area contributed by atoms with E-state index in [1.807, 2.05) is 11.9 Å². The number of carbonyl (C=O) groups excluding carboxylic acids is 1. The van der Waals surface area contributed by atoms with E-state index in [9.17, 15) is 19.7 Å². The summed E-state index contributed by atoms with van der Waals surface area (Å²) in [6, 6.07) is 3.14. The molecule has 1 amide bonds. The van der Waals surface area contributed by atoms with Crippen molar-refractivity contribution in [2.24, 2.45) is 5.73 Å². The molecule has 3 aliphatic rings. The van der Waals surface area contributed by atoms with Crippen LogP contribution in [0.4, 0.5) is 0 Å². The Kier molecular flexibility index (Phi) is 5.01. The van der Waals surface area contributed by atoms with Crippen LogP contribution in [-0.4, -0.2) is 66.2 Å². The first-order valence-electron chi connectivity index (χ1n) is 9.59. The average Bonchev–Trinajstić information content (AvgIpc) is 3.29. The Morgan fingerprint density at radius 2 is 2.21 bits per heavy atom. The van der Waals surface area contributed by atoms with Crippen LogP contribution in [0.15, 0.2) is 24.5 Å². The van der Waals surface area contributed by atoms with Crippen LogP contribution in [0.1, 0.15) is 34.7 Å². The summed E-state index contributed by atoms with van der Waals surface area (Å²) in [4.78, 5) is 25.2. The second-order valence-electron chi connectivity index (χ2n) is 7.99. The molecule has 9 nitrogen and oxygen atoms in total. The summed E-state index contributed by atoms with van der Waals surface area (Å²) in [6.07, 6.45) is 1.37. The Morgan fingerprint density at radius 1 is 1.45 bits per heavy atom. The van der Waals surface area contributed by atoms with Crippen LogP contribution in [0.2, 0.25) is 5.82 Å². The number of likely N-dealkylation sites (N-methyl/N-ethyl adjacent to an activating group) is 1. The third-order valence-corrected chi connectivity index (χ3v) is 5.96. The van der Waals surface area contributed by atoms with Gasteiger partial charge in [0.1, 0.15) is 22.8 Å². The van der Waals surface area contributed by atoms with E-state index in [0.29, 0.717) is 25.3 Å². The van der Waals surface area contributed by atoms with E-state index in [0.717, 1.165) is 12.0 Å². The number of primary amides is 1. The first kappa shape index (κ1) is 19.7. The number of ether oxygens (including phenoxy) is 1. The number of rotatable bonds is 7. The van der Waals surface area contributed by atoms with Crippen molar-refractivity contribution in [2.75, 3.05) is 20.1 Å². The maximum absolute atomic E-state index is 11.9. The number of fused-ring (bicyclic) bond motifs is 3. The number of carbonyl (C=O) groups is 2. The summed E-state index contributed by atoms with van der Waals surface area (Å²) in [5.74, 6) is -0.748. The van der Waals surface area contributed by atoms with Crippen LogP contribution in [0.25, 0.3) is 0 Å². The van der Waals surface area contributed by atoms with Gasteiger partial charge in [0.25, 0.3) is 0 Å². The Hall–Kier alpha value is -2.56. The van der Waals surface area contributed by atoms with Gasteiger partial charge in [0.2, 0.25) is 5.91 Å². The molecule has 1 saturated carbocycles. The number of nitrogens with zero attached hydrogens (tertiary/aromatic N) is 1. The van der Waals surface area contributed by atoms with E-state index in [-0.39, 0.29) is 46.8 Å². The van der Waals surface area contributed by atoms with Gasteiger partial charge < -0.3 is 30.6 Å². The lowest BCUT2D eigenvalue weighted by atomic mass is 9.77. The van der Waals surface area contributed by atoms with E-state index >= 15 is 0 Å². The summed E-state index contributed by atoms with van der Waals surface area (Å²) >= 11 is 0. The van der Waals surface area contributed by atoms with Crippen LogP contribution in [-0.2, 0) is 4.79 Å². The third kappa shape index (κ3) is 3.70. The van der Waals surface area contributed by atoms with Crippen molar-refractivity contribution in [2.45, 2.75) is 36.7 Å². The second-order valence-corrected chi connectivity index (χ2v) is 7.99. The van der Waals surface area contributed by atoms with Gasteiger partial charge in [-0.25, -0.2) is 4.79 Å². The molecule has 1 saturated heterocycles. The largest absolute Gasteiger partial charge is 0.535 e. The van der Waals surface area contributed by atoms with E-state index in [2.05, 4.69) is 11.9 Å². The van der Waals surface area contributed by atoms with Crippen molar-refractivity contribution in [1.29, 1.82) is 0 Å². The lowest BCUT2D eigenvalue weighted by Gasteiger charge is -2.26. The molecule has 4 rings (SSSR count). The van der Waals surface area contributed by atoms with Gasteiger partial charge in [-0.1, -0.05) is 12.6 Å². The van der Waals surface area contributed by atoms with Crippen molar-refractivity contribution < 1.29 is 29.1 Å². The summed E-state index contributed by atoms with van der Waals surface area (Å²) in [5.41, 5.74) is 6.03. The number of hydrogen-bond acceptors (Lipinski definition) is 7. The molecule has 10 heteroatoms. The summed E-state index contributed by atoms with van der Waals surface area (Å²) < 4.78 is 11.3. The fraction of sp³-hybridized carbons (Fsp3) is 0.474. The van der Waals surface area contributed by atoms with Crippen LogP contribution in [0.5, 0.6) is 11.5 Å². The van der Waals surface area contributed by atoms with Gasteiger partial charge >= 0.3 is 13.1 Å². The van der Waals surface area contributed by atoms with E-state index in [1.165, 1.54) is 0 Å². The number of amides is 1. The maximum atomic E-state index is 11.9. The molecule has 4 unspecified atom stereocenters. The van der Waals surface area contributed by atoms with Crippen LogP contribution < -0.4 is 20.4 Å². The Labute approximate surface area is 168 Å². The van der Waals surface area contributed by atoms with Gasteiger partial charge in [-0.15, -0.1) is 0 Å². The molecule has 1 aromatic rings. The summed E-state index contributed by atoms with van der Waals surface area (Å²) in [7, 11) is 0.880. The second kappa shape index (κ2) is 7.36. The normalized spacial score (nSPS) is 27.1. The minimum Gasteiger partial charge on any atom is -0.535 e. The topological polar surface area (TPSA) is 134 Å². The molecule has 4 atom stereocenters. The highest BCUT2D eigenvalue weighted by molar-refractivity contribution is 6.48. The number of nitrogens with two attached hydrogens (primary N) is 1. The van der Waals surface area contributed by atoms with E-state index < -0.39 is 13.1 Å². The van der Waals surface area contributed by atoms with Gasteiger partial charge in [-0.3, -0.25) is 9.69 Å². The number of carboxylic acids is 1. The molecule has 0 spiro atoms. The molecule has 0 bridgehead atoms. The quantitative estimate of drug-likeness (QED) is 0.375. The third-order valence-electron chi connectivity index (χ3n) is 5.96. The molecule has 0 radical (unpaired) electrons. The SMILES string of the molecule is C=C(CN(C)C1CNC(C(N)=O)C1)Oc1ccc2c(c1C(=O)O)OB(O)C1CC21. The minimum absolute atomic E-state index is 0.0313. The van der Waals surface area contributed by atoms with Crippen molar-refractivity contribution in [3.8, 4) is 11.5 Å². The van der Waals surface area contributed by atoms with Crippen LogP contribution in [0.3, 0.4) is 0 Å². The lowest BCUT2D eigenvalue weighted by Crippen LogP contribution is -2.36. The highest BCUT2D eigenvalue weighted by atomic mass is 16.5. The molecular weight excluding hydrogens is 377 g/mol. The molecule has 1 aliphatic carbocycles. The Morgan fingerprint density at radius 3 is 2.86 bits per heavy atom. The van der Waals surface area contributed by atoms with Crippen molar-refractivity contribution in [3.05, 3.63) is 35.6 Å². The van der Waals surface area contributed by atoms with Gasteiger partial charge in [-0.05, 0) is 37.4 Å².